The maximum absolute atomic E-state index is 12.1. The number of hydrogen-bond acceptors (Lipinski definition) is 3. The predicted molar refractivity (Wildman–Crippen MR) is 82.8 cm³/mol. The van der Waals surface area contributed by atoms with Gasteiger partial charge < -0.3 is 11.1 Å². The van der Waals surface area contributed by atoms with E-state index in [1.165, 1.54) is 12.1 Å². The Kier molecular flexibility index (Phi) is 4.38. The second-order valence-electron chi connectivity index (χ2n) is 4.07. The number of nitrogens with one attached hydrogen (secondary N) is 1. The zero-order valence-corrected chi connectivity index (χ0v) is 12.6. The number of benzene rings is 1. The number of nitrogen functional groups attached to an aromatic ring is 1. The van der Waals surface area contributed by atoms with Gasteiger partial charge in [0.15, 0.2) is 0 Å². The number of rotatable bonds is 2. The molecular formula is C13H10Cl3N3O. The van der Waals surface area contributed by atoms with Crippen LogP contribution in [0.1, 0.15) is 16.1 Å². The molecule has 3 N–H and O–H groups in total. The molecule has 0 spiro atoms. The Morgan fingerprint density at radius 1 is 1.20 bits per heavy atom. The second kappa shape index (κ2) is 5.87. The monoisotopic (exact) mass is 329 g/mol. The number of carbonyl (C=O) groups is 1. The summed E-state index contributed by atoms with van der Waals surface area (Å²) in [7, 11) is 0. The number of halogens is 3. The molecule has 20 heavy (non-hydrogen) atoms. The van der Waals surface area contributed by atoms with E-state index < -0.39 is 0 Å². The minimum absolute atomic E-state index is 0.230. The number of amides is 1. The Balaban J connectivity index is 2.28. The third-order valence-corrected chi connectivity index (χ3v) is 3.48. The van der Waals surface area contributed by atoms with E-state index in [4.69, 9.17) is 40.5 Å². The molecule has 2 rings (SSSR count). The first-order valence-electron chi connectivity index (χ1n) is 5.57. The quantitative estimate of drug-likeness (QED) is 0.641. The summed E-state index contributed by atoms with van der Waals surface area (Å²) in [5.41, 5.74) is 7.35. The summed E-state index contributed by atoms with van der Waals surface area (Å²) in [6, 6.07) is 6.17. The summed E-state index contributed by atoms with van der Waals surface area (Å²) >= 11 is 17.6. The molecule has 2 aromatic rings. The molecule has 0 fully saturated rings. The van der Waals surface area contributed by atoms with Gasteiger partial charge in [-0.1, -0.05) is 34.8 Å². The van der Waals surface area contributed by atoms with Crippen molar-refractivity contribution in [2.24, 2.45) is 0 Å². The van der Waals surface area contributed by atoms with Crippen LogP contribution in [0.2, 0.25) is 15.2 Å². The van der Waals surface area contributed by atoms with Crippen LogP contribution >= 0.6 is 34.8 Å². The number of anilines is 2. The molecule has 7 heteroatoms. The van der Waals surface area contributed by atoms with Gasteiger partial charge >= 0.3 is 0 Å². The van der Waals surface area contributed by atoms with Crippen LogP contribution in [-0.4, -0.2) is 10.9 Å². The Hall–Kier alpha value is -1.49. The van der Waals surface area contributed by atoms with Crippen molar-refractivity contribution in [3.05, 3.63) is 50.7 Å². The smallest absolute Gasteiger partial charge is 0.255 e. The molecule has 0 saturated carbocycles. The van der Waals surface area contributed by atoms with E-state index in [1.54, 1.807) is 19.1 Å². The van der Waals surface area contributed by atoms with Crippen LogP contribution in [0, 0.1) is 6.92 Å². The van der Waals surface area contributed by atoms with Crippen molar-refractivity contribution in [3.63, 3.8) is 0 Å². The predicted octanol–water partition coefficient (Wildman–Crippen LogP) is 4.18. The number of pyridine rings is 1. The highest BCUT2D eigenvalue weighted by Crippen LogP contribution is 2.29. The molecule has 0 bridgehead atoms. The van der Waals surface area contributed by atoms with Gasteiger partial charge in [0.25, 0.3) is 5.91 Å². The second-order valence-corrected chi connectivity index (χ2v) is 5.28. The van der Waals surface area contributed by atoms with E-state index in [0.29, 0.717) is 22.1 Å². The lowest BCUT2D eigenvalue weighted by molar-refractivity contribution is 0.102. The minimum atomic E-state index is -0.360. The van der Waals surface area contributed by atoms with E-state index in [2.05, 4.69) is 10.3 Å². The summed E-state index contributed by atoms with van der Waals surface area (Å²) < 4.78 is 0. The van der Waals surface area contributed by atoms with Crippen molar-refractivity contribution in [2.75, 3.05) is 11.1 Å². The van der Waals surface area contributed by atoms with Gasteiger partial charge in [0.05, 0.1) is 27.1 Å². The molecule has 1 aromatic heterocycles. The zero-order chi connectivity index (χ0) is 14.9. The lowest BCUT2D eigenvalue weighted by Gasteiger charge is -2.09. The van der Waals surface area contributed by atoms with Crippen LogP contribution in [-0.2, 0) is 0 Å². The molecule has 104 valence electrons. The highest BCUT2D eigenvalue weighted by Gasteiger charge is 2.12. The van der Waals surface area contributed by atoms with Gasteiger partial charge in [-0.05, 0) is 31.2 Å². The van der Waals surface area contributed by atoms with Crippen molar-refractivity contribution in [2.45, 2.75) is 6.92 Å². The number of carbonyl (C=O) groups excluding carboxylic acids is 1. The summed E-state index contributed by atoms with van der Waals surface area (Å²) in [6.07, 6.45) is 0. The Morgan fingerprint density at radius 2 is 1.80 bits per heavy atom. The fourth-order valence-corrected chi connectivity index (χ4v) is 2.25. The number of nitrogens with two attached hydrogens (primary N) is 1. The normalized spacial score (nSPS) is 10.4. The maximum atomic E-state index is 12.1. The van der Waals surface area contributed by atoms with Crippen LogP contribution < -0.4 is 11.1 Å². The molecule has 1 amide bonds. The lowest BCUT2D eigenvalue weighted by Crippen LogP contribution is -2.13. The zero-order valence-electron chi connectivity index (χ0n) is 10.4. The van der Waals surface area contributed by atoms with Gasteiger partial charge in [-0.3, -0.25) is 4.79 Å². The highest BCUT2D eigenvalue weighted by molar-refractivity contribution is 6.39. The Morgan fingerprint density at radius 3 is 2.35 bits per heavy atom. The highest BCUT2D eigenvalue weighted by atomic mass is 35.5. The first-order valence-corrected chi connectivity index (χ1v) is 6.71. The lowest BCUT2D eigenvalue weighted by atomic mass is 10.2. The van der Waals surface area contributed by atoms with Crippen molar-refractivity contribution in [1.82, 2.24) is 4.98 Å². The van der Waals surface area contributed by atoms with Gasteiger partial charge in [-0.25, -0.2) is 4.98 Å². The van der Waals surface area contributed by atoms with Gasteiger partial charge in [0, 0.05) is 5.56 Å². The molecule has 1 heterocycles. The standard InChI is InChI=1S/C13H10Cl3N3O/c1-6-10(2-3-11(16)18-6)19-13(20)7-4-8(14)12(17)9(15)5-7/h2-5H,17H2,1H3,(H,19,20). The molecule has 0 unspecified atom stereocenters. The van der Waals surface area contributed by atoms with Crippen molar-refractivity contribution >= 4 is 52.1 Å². The van der Waals surface area contributed by atoms with E-state index >= 15 is 0 Å². The molecule has 0 aliphatic heterocycles. The molecule has 0 atom stereocenters. The van der Waals surface area contributed by atoms with Gasteiger partial charge in [0.2, 0.25) is 0 Å². The van der Waals surface area contributed by atoms with Crippen LogP contribution in [0.3, 0.4) is 0 Å². The SMILES string of the molecule is Cc1nc(Cl)ccc1NC(=O)c1cc(Cl)c(N)c(Cl)c1. The van der Waals surface area contributed by atoms with Crippen molar-refractivity contribution in [3.8, 4) is 0 Å². The molecule has 1 aromatic carbocycles. The fraction of sp³-hybridized carbons (Fsp3) is 0.0769. The minimum Gasteiger partial charge on any atom is -0.396 e. The summed E-state index contributed by atoms with van der Waals surface area (Å²) in [6.45, 7) is 1.74. The molecule has 0 saturated heterocycles. The number of nitrogens with zero attached hydrogens (tertiary/aromatic N) is 1. The van der Waals surface area contributed by atoms with Gasteiger partial charge in [0.1, 0.15) is 5.15 Å². The first-order chi connectivity index (χ1) is 9.38. The van der Waals surface area contributed by atoms with E-state index in [9.17, 15) is 4.79 Å². The van der Waals surface area contributed by atoms with Crippen molar-refractivity contribution < 1.29 is 4.79 Å². The van der Waals surface area contributed by atoms with Crippen LogP contribution in [0.25, 0.3) is 0 Å². The Bertz CT molecular complexity index is 666. The average Bonchev–Trinajstić information content (AvgIpc) is 2.38. The van der Waals surface area contributed by atoms with E-state index in [-0.39, 0.29) is 21.6 Å². The molecule has 4 nitrogen and oxygen atoms in total. The summed E-state index contributed by atoms with van der Waals surface area (Å²) in [5, 5.41) is 3.53. The number of hydrogen-bond donors (Lipinski definition) is 2. The fourth-order valence-electron chi connectivity index (χ4n) is 1.57. The third kappa shape index (κ3) is 3.15. The third-order valence-electron chi connectivity index (χ3n) is 2.64. The number of aryl methyl sites for hydroxylation is 1. The van der Waals surface area contributed by atoms with Crippen LogP contribution in [0.4, 0.5) is 11.4 Å². The summed E-state index contributed by atoms with van der Waals surface area (Å²) in [4.78, 5) is 16.2. The average molecular weight is 331 g/mol. The van der Waals surface area contributed by atoms with Gasteiger partial charge in [-0.15, -0.1) is 0 Å². The molecule has 0 radical (unpaired) electrons. The Labute approximate surface area is 130 Å². The largest absolute Gasteiger partial charge is 0.396 e. The van der Waals surface area contributed by atoms with Crippen LogP contribution in [0.15, 0.2) is 24.3 Å². The van der Waals surface area contributed by atoms with Crippen LogP contribution in [0.5, 0.6) is 0 Å². The van der Waals surface area contributed by atoms with E-state index in [1.807, 2.05) is 0 Å². The van der Waals surface area contributed by atoms with E-state index in [0.717, 1.165) is 0 Å². The molecular weight excluding hydrogens is 321 g/mol. The molecule has 0 aliphatic carbocycles. The summed E-state index contributed by atoms with van der Waals surface area (Å²) in [5.74, 6) is -0.360. The molecule has 0 aliphatic rings. The number of aromatic nitrogens is 1. The van der Waals surface area contributed by atoms with Crippen molar-refractivity contribution in [1.29, 1.82) is 0 Å². The first kappa shape index (κ1) is 14.9. The van der Waals surface area contributed by atoms with Gasteiger partial charge in [-0.2, -0.15) is 0 Å². The topological polar surface area (TPSA) is 68.0 Å². The maximum Gasteiger partial charge on any atom is 0.255 e.